The van der Waals surface area contributed by atoms with Crippen LogP contribution in [0.15, 0.2) is 42.5 Å². The van der Waals surface area contributed by atoms with Crippen LogP contribution < -0.4 is 10.1 Å². The van der Waals surface area contributed by atoms with E-state index in [4.69, 9.17) is 4.74 Å². The SMILES string of the molecule is CCc1ccccc1OCC(=O)Nc1cccc([N+](=O)[O-])c1C. The fraction of sp³-hybridized carbons (Fsp3) is 0.235. The summed E-state index contributed by atoms with van der Waals surface area (Å²) in [6.45, 7) is 3.45. The first-order valence-corrected chi connectivity index (χ1v) is 7.27. The second-order valence-electron chi connectivity index (χ2n) is 5.00. The van der Waals surface area contributed by atoms with Crippen molar-refractivity contribution >= 4 is 17.3 Å². The number of rotatable bonds is 6. The van der Waals surface area contributed by atoms with E-state index in [2.05, 4.69) is 5.32 Å². The Labute approximate surface area is 134 Å². The Morgan fingerprint density at radius 2 is 1.96 bits per heavy atom. The van der Waals surface area contributed by atoms with Crippen molar-refractivity contribution in [3.8, 4) is 5.75 Å². The van der Waals surface area contributed by atoms with Gasteiger partial charge in [-0.15, -0.1) is 0 Å². The van der Waals surface area contributed by atoms with Crippen molar-refractivity contribution in [3.05, 3.63) is 63.7 Å². The van der Waals surface area contributed by atoms with Crippen LogP contribution in [0.2, 0.25) is 0 Å². The van der Waals surface area contributed by atoms with Crippen molar-refractivity contribution in [2.75, 3.05) is 11.9 Å². The fourth-order valence-electron chi connectivity index (χ4n) is 2.22. The smallest absolute Gasteiger partial charge is 0.274 e. The quantitative estimate of drug-likeness (QED) is 0.653. The largest absolute Gasteiger partial charge is 0.483 e. The van der Waals surface area contributed by atoms with Crippen LogP contribution in [0.5, 0.6) is 5.75 Å². The summed E-state index contributed by atoms with van der Waals surface area (Å²) < 4.78 is 5.53. The van der Waals surface area contributed by atoms with Gasteiger partial charge in [-0.25, -0.2) is 0 Å². The summed E-state index contributed by atoms with van der Waals surface area (Å²) >= 11 is 0. The van der Waals surface area contributed by atoms with E-state index in [1.165, 1.54) is 12.1 Å². The van der Waals surface area contributed by atoms with Crippen LogP contribution in [0.1, 0.15) is 18.1 Å². The highest BCUT2D eigenvalue weighted by Crippen LogP contribution is 2.25. The van der Waals surface area contributed by atoms with Crippen molar-refractivity contribution in [2.45, 2.75) is 20.3 Å². The summed E-state index contributed by atoms with van der Waals surface area (Å²) in [6, 6.07) is 12.1. The van der Waals surface area contributed by atoms with Gasteiger partial charge in [0.15, 0.2) is 6.61 Å². The first-order chi connectivity index (χ1) is 11.0. The Bertz CT molecular complexity index is 728. The van der Waals surface area contributed by atoms with Crippen molar-refractivity contribution in [1.29, 1.82) is 0 Å². The topological polar surface area (TPSA) is 81.5 Å². The number of ether oxygens (including phenoxy) is 1. The van der Waals surface area contributed by atoms with Gasteiger partial charge in [-0.05, 0) is 31.0 Å². The molecule has 0 heterocycles. The number of nitro benzene ring substituents is 1. The fourth-order valence-corrected chi connectivity index (χ4v) is 2.22. The number of aryl methyl sites for hydroxylation is 1. The Balaban J connectivity index is 2.03. The lowest BCUT2D eigenvalue weighted by molar-refractivity contribution is -0.385. The van der Waals surface area contributed by atoms with Crippen LogP contribution in [-0.2, 0) is 11.2 Å². The first kappa shape index (κ1) is 16.5. The van der Waals surface area contributed by atoms with E-state index in [1.54, 1.807) is 13.0 Å². The molecule has 0 aliphatic heterocycles. The molecule has 6 heteroatoms. The van der Waals surface area contributed by atoms with Gasteiger partial charge in [0.25, 0.3) is 11.6 Å². The molecule has 2 aromatic carbocycles. The summed E-state index contributed by atoms with van der Waals surface area (Å²) in [5, 5.41) is 13.6. The molecule has 2 aromatic rings. The van der Waals surface area contributed by atoms with Gasteiger partial charge < -0.3 is 10.1 Å². The molecule has 0 atom stereocenters. The number of nitro groups is 1. The molecule has 23 heavy (non-hydrogen) atoms. The normalized spacial score (nSPS) is 10.2. The summed E-state index contributed by atoms with van der Waals surface area (Å²) in [7, 11) is 0. The van der Waals surface area contributed by atoms with E-state index in [0.29, 0.717) is 17.0 Å². The van der Waals surface area contributed by atoms with E-state index in [1.807, 2.05) is 31.2 Å². The van der Waals surface area contributed by atoms with Gasteiger partial charge in [-0.2, -0.15) is 0 Å². The minimum Gasteiger partial charge on any atom is -0.483 e. The third kappa shape index (κ3) is 4.06. The first-order valence-electron chi connectivity index (χ1n) is 7.27. The Morgan fingerprint density at radius 3 is 2.65 bits per heavy atom. The van der Waals surface area contributed by atoms with E-state index in [9.17, 15) is 14.9 Å². The van der Waals surface area contributed by atoms with Crippen molar-refractivity contribution in [1.82, 2.24) is 0 Å². The summed E-state index contributed by atoms with van der Waals surface area (Å²) in [5.74, 6) is 0.306. The second kappa shape index (κ2) is 7.40. The number of carbonyl (C=O) groups is 1. The summed E-state index contributed by atoms with van der Waals surface area (Å²) in [6.07, 6.45) is 0.807. The zero-order valence-electron chi connectivity index (χ0n) is 13.0. The molecule has 120 valence electrons. The zero-order chi connectivity index (χ0) is 16.8. The Morgan fingerprint density at radius 1 is 1.22 bits per heavy atom. The Hall–Kier alpha value is -2.89. The van der Waals surface area contributed by atoms with Gasteiger partial charge in [0.05, 0.1) is 16.2 Å². The highest BCUT2D eigenvalue weighted by molar-refractivity contribution is 5.93. The lowest BCUT2D eigenvalue weighted by Gasteiger charge is -2.11. The predicted octanol–water partition coefficient (Wildman–Crippen LogP) is 3.48. The van der Waals surface area contributed by atoms with E-state index in [-0.39, 0.29) is 18.2 Å². The number of carbonyl (C=O) groups excluding carboxylic acids is 1. The summed E-state index contributed by atoms with van der Waals surface area (Å²) in [4.78, 5) is 22.4. The molecule has 0 aliphatic rings. The van der Waals surface area contributed by atoms with Crippen molar-refractivity contribution in [3.63, 3.8) is 0 Å². The van der Waals surface area contributed by atoms with Gasteiger partial charge in [0.1, 0.15) is 5.75 Å². The van der Waals surface area contributed by atoms with E-state index >= 15 is 0 Å². The Kier molecular flexibility index (Phi) is 5.30. The highest BCUT2D eigenvalue weighted by atomic mass is 16.6. The maximum Gasteiger partial charge on any atom is 0.274 e. The average Bonchev–Trinajstić information content (AvgIpc) is 2.54. The molecule has 1 N–H and O–H groups in total. The molecule has 0 fully saturated rings. The predicted molar refractivity (Wildman–Crippen MR) is 87.8 cm³/mol. The highest BCUT2D eigenvalue weighted by Gasteiger charge is 2.15. The number of amides is 1. The van der Waals surface area contributed by atoms with Gasteiger partial charge in [0, 0.05) is 6.07 Å². The minimum atomic E-state index is -0.473. The van der Waals surface area contributed by atoms with Crippen LogP contribution in [0.25, 0.3) is 0 Å². The van der Waals surface area contributed by atoms with Gasteiger partial charge >= 0.3 is 0 Å². The number of hydrogen-bond donors (Lipinski definition) is 1. The minimum absolute atomic E-state index is 0.0277. The molecule has 0 spiro atoms. The van der Waals surface area contributed by atoms with Crippen molar-refractivity contribution < 1.29 is 14.5 Å². The number of benzene rings is 2. The number of hydrogen-bond acceptors (Lipinski definition) is 4. The van der Waals surface area contributed by atoms with Crippen LogP contribution in [-0.4, -0.2) is 17.4 Å². The molecule has 0 aromatic heterocycles. The van der Waals surface area contributed by atoms with E-state index < -0.39 is 4.92 Å². The molecule has 0 saturated carbocycles. The average molecular weight is 314 g/mol. The lowest BCUT2D eigenvalue weighted by atomic mass is 10.1. The van der Waals surface area contributed by atoms with Crippen LogP contribution in [0, 0.1) is 17.0 Å². The second-order valence-corrected chi connectivity index (χ2v) is 5.00. The molecule has 0 bridgehead atoms. The molecule has 2 rings (SSSR count). The number of nitrogens with zero attached hydrogens (tertiary/aromatic N) is 1. The molecular formula is C17H18N2O4. The van der Waals surface area contributed by atoms with Crippen LogP contribution >= 0.6 is 0 Å². The third-order valence-corrected chi connectivity index (χ3v) is 3.49. The number of nitrogens with one attached hydrogen (secondary N) is 1. The van der Waals surface area contributed by atoms with Crippen LogP contribution in [0.4, 0.5) is 11.4 Å². The maximum absolute atomic E-state index is 12.0. The maximum atomic E-state index is 12.0. The monoisotopic (exact) mass is 314 g/mol. The van der Waals surface area contributed by atoms with Crippen molar-refractivity contribution in [2.24, 2.45) is 0 Å². The third-order valence-electron chi connectivity index (χ3n) is 3.49. The summed E-state index contributed by atoms with van der Waals surface area (Å²) in [5.41, 5.74) is 1.82. The molecule has 0 aliphatic carbocycles. The number of anilines is 1. The van der Waals surface area contributed by atoms with E-state index in [0.717, 1.165) is 12.0 Å². The molecule has 0 radical (unpaired) electrons. The standard InChI is InChI=1S/C17H18N2O4/c1-3-13-7-4-5-10-16(13)23-11-17(20)18-14-8-6-9-15(12(14)2)19(21)22/h4-10H,3,11H2,1-2H3,(H,18,20). The van der Waals surface area contributed by atoms with Gasteiger partial charge in [0.2, 0.25) is 0 Å². The van der Waals surface area contributed by atoms with Gasteiger partial charge in [-0.1, -0.05) is 31.2 Å². The molecular weight excluding hydrogens is 296 g/mol. The molecule has 1 amide bonds. The molecule has 6 nitrogen and oxygen atoms in total. The van der Waals surface area contributed by atoms with Gasteiger partial charge in [-0.3, -0.25) is 14.9 Å². The van der Waals surface area contributed by atoms with Crippen LogP contribution in [0.3, 0.4) is 0 Å². The molecule has 0 unspecified atom stereocenters. The lowest BCUT2D eigenvalue weighted by Crippen LogP contribution is -2.21. The zero-order valence-corrected chi connectivity index (χ0v) is 13.0. The molecule has 0 saturated heterocycles. The number of para-hydroxylation sites is 1.